The number of hydrogen-bond donors (Lipinski definition) is 2. The predicted molar refractivity (Wildman–Crippen MR) is 64.5 cm³/mol. The third kappa shape index (κ3) is 14.6. The molecule has 104 valence electrons. The molecule has 0 unspecified atom stereocenters. The first-order valence-corrected chi connectivity index (χ1v) is 5.92. The Kier molecular flexibility index (Phi) is 11.1. The fourth-order valence-corrected chi connectivity index (χ4v) is 1.16. The van der Waals surface area contributed by atoms with Gasteiger partial charge in [0.05, 0.1) is 0 Å². The van der Waals surface area contributed by atoms with Gasteiger partial charge in [-0.05, 0) is 25.7 Å². The molecule has 0 aromatic carbocycles. The summed E-state index contributed by atoms with van der Waals surface area (Å²) in [5.41, 5.74) is 0. The molecule has 0 atom stereocenters. The van der Waals surface area contributed by atoms with E-state index in [2.05, 4.69) is 0 Å². The molecule has 0 aromatic heterocycles. The fraction of sp³-hybridized carbons (Fsp3) is 0.667. The molecule has 0 radical (unpaired) electrons. The van der Waals surface area contributed by atoms with Crippen LogP contribution in [0.1, 0.15) is 25.7 Å². The van der Waals surface area contributed by atoms with E-state index in [0.717, 1.165) is 26.4 Å². The van der Waals surface area contributed by atoms with Gasteiger partial charge >= 0.3 is 11.9 Å². The van der Waals surface area contributed by atoms with Gasteiger partial charge in [-0.15, -0.1) is 0 Å². The van der Waals surface area contributed by atoms with Gasteiger partial charge in [-0.25, -0.2) is 9.59 Å². The Hall–Kier alpha value is -1.40. The number of carboxylic acids is 2. The molecule has 6 nitrogen and oxygen atoms in total. The van der Waals surface area contributed by atoms with Gasteiger partial charge in [0.2, 0.25) is 0 Å². The molecule has 18 heavy (non-hydrogen) atoms. The highest BCUT2D eigenvalue weighted by atomic mass is 16.5. The number of hydrogen-bond acceptors (Lipinski definition) is 4. The van der Waals surface area contributed by atoms with Gasteiger partial charge in [0, 0.05) is 38.6 Å². The van der Waals surface area contributed by atoms with E-state index in [1.165, 1.54) is 25.7 Å². The quantitative estimate of drug-likeness (QED) is 0.727. The Morgan fingerprint density at radius 1 is 0.722 bits per heavy atom. The first-order valence-electron chi connectivity index (χ1n) is 5.92. The van der Waals surface area contributed by atoms with Gasteiger partial charge in [0.25, 0.3) is 0 Å². The predicted octanol–water partition coefficient (Wildman–Crippen LogP) is 1.31. The van der Waals surface area contributed by atoms with Crippen LogP contribution in [-0.4, -0.2) is 48.6 Å². The van der Waals surface area contributed by atoms with Crippen molar-refractivity contribution in [2.75, 3.05) is 26.4 Å². The zero-order chi connectivity index (χ0) is 13.6. The van der Waals surface area contributed by atoms with Crippen LogP contribution in [-0.2, 0) is 19.1 Å². The first kappa shape index (κ1) is 16.6. The van der Waals surface area contributed by atoms with E-state index in [-0.39, 0.29) is 0 Å². The lowest BCUT2D eigenvalue weighted by molar-refractivity contribution is -0.134. The second-order valence-corrected chi connectivity index (χ2v) is 3.65. The zero-order valence-corrected chi connectivity index (χ0v) is 10.3. The van der Waals surface area contributed by atoms with E-state index in [9.17, 15) is 9.59 Å². The normalized spacial score (nSPS) is 17.6. The van der Waals surface area contributed by atoms with E-state index in [1.54, 1.807) is 0 Å². The standard InChI is InChI=1S/C4H4O4.2C4H8O/c5-3(6)1-2-4(7)8;2*1-2-4-5-3-1/h1-2H,(H,5,6)(H,7,8);2*1-4H2/b2-1-;;. The van der Waals surface area contributed by atoms with Crippen molar-refractivity contribution < 1.29 is 29.3 Å². The molecular weight excluding hydrogens is 240 g/mol. The van der Waals surface area contributed by atoms with Crippen LogP contribution in [0.4, 0.5) is 0 Å². The molecule has 2 fully saturated rings. The van der Waals surface area contributed by atoms with Crippen LogP contribution in [0.3, 0.4) is 0 Å². The van der Waals surface area contributed by atoms with Crippen LogP contribution in [0, 0.1) is 0 Å². The molecule has 2 aliphatic heterocycles. The highest BCUT2D eigenvalue weighted by Crippen LogP contribution is 1.98. The Bertz CT molecular complexity index is 212. The molecule has 0 aromatic rings. The maximum absolute atomic E-state index is 9.55. The minimum Gasteiger partial charge on any atom is -0.478 e. The van der Waals surface area contributed by atoms with Crippen molar-refractivity contribution in [1.29, 1.82) is 0 Å². The van der Waals surface area contributed by atoms with E-state index in [4.69, 9.17) is 19.7 Å². The summed E-state index contributed by atoms with van der Waals surface area (Å²) in [6.45, 7) is 4.00. The van der Waals surface area contributed by atoms with Gasteiger partial charge < -0.3 is 19.7 Å². The highest BCUT2D eigenvalue weighted by Gasteiger charge is 1.95. The summed E-state index contributed by atoms with van der Waals surface area (Å²) < 4.78 is 9.89. The highest BCUT2D eigenvalue weighted by molar-refractivity contribution is 5.89. The van der Waals surface area contributed by atoms with E-state index in [1.807, 2.05) is 0 Å². The fourth-order valence-electron chi connectivity index (χ4n) is 1.16. The van der Waals surface area contributed by atoms with Crippen molar-refractivity contribution in [2.24, 2.45) is 0 Å². The van der Waals surface area contributed by atoms with Gasteiger partial charge in [0.15, 0.2) is 0 Å². The molecule has 2 heterocycles. The lowest BCUT2D eigenvalue weighted by Gasteiger charge is -1.76. The van der Waals surface area contributed by atoms with Crippen LogP contribution < -0.4 is 0 Å². The molecule has 0 saturated carbocycles. The van der Waals surface area contributed by atoms with Crippen molar-refractivity contribution in [3.05, 3.63) is 12.2 Å². The number of aliphatic carboxylic acids is 2. The maximum atomic E-state index is 9.55. The second kappa shape index (κ2) is 12.1. The third-order valence-electron chi connectivity index (χ3n) is 2.02. The number of carbonyl (C=O) groups is 2. The lowest BCUT2D eigenvalue weighted by atomic mass is 10.4. The monoisotopic (exact) mass is 260 g/mol. The van der Waals surface area contributed by atoms with Crippen molar-refractivity contribution in [3.8, 4) is 0 Å². The van der Waals surface area contributed by atoms with Crippen LogP contribution in [0.2, 0.25) is 0 Å². The molecule has 0 spiro atoms. The lowest BCUT2D eigenvalue weighted by Crippen LogP contribution is -1.91. The van der Waals surface area contributed by atoms with Crippen LogP contribution in [0.15, 0.2) is 12.2 Å². The summed E-state index contributed by atoms with van der Waals surface area (Å²) in [6.07, 6.45) is 6.23. The minimum absolute atomic E-state index is 0.558. The van der Waals surface area contributed by atoms with Crippen LogP contribution >= 0.6 is 0 Å². The zero-order valence-electron chi connectivity index (χ0n) is 10.3. The molecule has 2 rings (SSSR count). The van der Waals surface area contributed by atoms with E-state index in [0.29, 0.717) is 12.2 Å². The molecule has 0 aliphatic carbocycles. The largest absolute Gasteiger partial charge is 0.478 e. The topological polar surface area (TPSA) is 93.1 Å². The van der Waals surface area contributed by atoms with Crippen molar-refractivity contribution >= 4 is 11.9 Å². The summed E-state index contributed by atoms with van der Waals surface area (Å²) in [4.78, 5) is 19.1. The number of carboxylic acid groups (broad SMARTS) is 2. The summed E-state index contributed by atoms with van der Waals surface area (Å²) in [6, 6.07) is 0. The molecule has 6 heteroatoms. The van der Waals surface area contributed by atoms with Gasteiger partial charge in [-0.3, -0.25) is 0 Å². The Morgan fingerprint density at radius 3 is 1.11 bits per heavy atom. The Morgan fingerprint density at radius 2 is 1.00 bits per heavy atom. The molecule has 2 N–H and O–H groups in total. The third-order valence-corrected chi connectivity index (χ3v) is 2.02. The number of rotatable bonds is 2. The van der Waals surface area contributed by atoms with Gasteiger partial charge in [0.1, 0.15) is 0 Å². The molecule has 2 saturated heterocycles. The van der Waals surface area contributed by atoms with Crippen LogP contribution in [0.25, 0.3) is 0 Å². The summed E-state index contributed by atoms with van der Waals surface area (Å²) in [5.74, 6) is -2.51. The van der Waals surface area contributed by atoms with Gasteiger partial charge in [-0.2, -0.15) is 0 Å². The molecular formula is C12H20O6. The Balaban J connectivity index is 0.000000250. The van der Waals surface area contributed by atoms with E-state index >= 15 is 0 Å². The first-order chi connectivity index (χ1) is 8.63. The van der Waals surface area contributed by atoms with Crippen molar-refractivity contribution in [3.63, 3.8) is 0 Å². The summed E-state index contributed by atoms with van der Waals surface area (Å²) >= 11 is 0. The van der Waals surface area contributed by atoms with Crippen molar-refractivity contribution in [1.82, 2.24) is 0 Å². The average Bonchev–Trinajstić information content (AvgIpc) is 3.03. The summed E-state index contributed by atoms with van der Waals surface area (Å²) in [7, 11) is 0. The second-order valence-electron chi connectivity index (χ2n) is 3.65. The molecule has 0 amide bonds. The smallest absolute Gasteiger partial charge is 0.328 e. The van der Waals surface area contributed by atoms with Gasteiger partial charge in [-0.1, -0.05) is 0 Å². The minimum atomic E-state index is -1.26. The maximum Gasteiger partial charge on any atom is 0.328 e. The average molecular weight is 260 g/mol. The van der Waals surface area contributed by atoms with Crippen LogP contribution in [0.5, 0.6) is 0 Å². The Labute approximate surface area is 106 Å². The van der Waals surface area contributed by atoms with Crippen molar-refractivity contribution in [2.45, 2.75) is 25.7 Å². The molecule has 0 bridgehead atoms. The van der Waals surface area contributed by atoms with E-state index < -0.39 is 11.9 Å². The number of ether oxygens (including phenoxy) is 2. The molecule has 2 aliphatic rings. The summed E-state index contributed by atoms with van der Waals surface area (Å²) in [5, 5.41) is 15.6. The SMILES string of the molecule is C1CCOC1.C1CCOC1.O=C(O)/C=C\C(=O)O.